The first-order valence-corrected chi connectivity index (χ1v) is 5.68. The van der Waals surface area contributed by atoms with Crippen molar-refractivity contribution in [1.29, 1.82) is 0 Å². The molecule has 98 valence electrons. The standard InChI is InChI=1S/C10H15N5O3/c1-18-10(17)8-9(11)15(13-12-8)6-7(16)14-4-2-3-5-14/h2-6,11H2,1H3. The van der Waals surface area contributed by atoms with E-state index in [0.29, 0.717) is 0 Å². The van der Waals surface area contributed by atoms with Crippen molar-refractivity contribution < 1.29 is 14.3 Å². The third-order valence-electron chi connectivity index (χ3n) is 2.90. The fourth-order valence-corrected chi connectivity index (χ4v) is 1.87. The first kappa shape index (κ1) is 12.3. The molecule has 0 radical (unpaired) electrons. The number of aromatic nitrogens is 3. The number of hydrogen-bond acceptors (Lipinski definition) is 6. The van der Waals surface area contributed by atoms with E-state index in [1.54, 1.807) is 4.90 Å². The maximum absolute atomic E-state index is 11.9. The Morgan fingerprint density at radius 2 is 2.06 bits per heavy atom. The number of nitrogens with two attached hydrogens (primary N) is 1. The molecule has 2 rings (SSSR count). The lowest BCUT2D eigenvalue weighted by Gasteiger charge is -2.14. The lowest BCUT2D eigenvalue weighted by molar-refractivity contribution is -0.130. The summed E-state index contributed by atoms with van der Waals surface area (Å²) >= 11 is 0. The van der Waals surface area contributed by atoms with Gasteiger partial charge in [0.2, 0.25) is 11.6 Å². The topological polar surface area (TPSA) is 103 Å². The highest BCUT2D eigenvalue weighted by Gasteiger charge is 2.22. The molecule has 0 spiro atoms. The first-order valence-electron chi connectivity index (χ1n) is 5.68. The number of hydrogen-bond donors (Lipinski definition) is 1. The van der Waals surface area contributed by atoms with Gasteiger partial charge in [0.05, 0.1) is 7.11 Å². The van der Waals surface area contributed by atoms with E-state index < -0.39 is 5.97 Å². The number of carbonyl (C=O) groups is 2. The van der Waals surface area contributed by atoms with Crippen molar-refractivity contribution in [2.24, 2.45) is 0 Å². The van der Waals surface area contributed by atoms with Crippen molar-refractivity contribution in [2.45, 2.75) is 19.4 Å². The van der Waals surface area contributed by atoms with E-state index in [1.165, 1.54) is 11.8 Å². The van der Waals surface area contributed by atoms with Crippen LogP contribution in [0.5, 0.6) is 0 Å². The number of nitrogen functional groups attached to an aromatic ring is 1. The summed E-state index contributed by atoms with van der Waals surface area (Å²) in [6.07, 6.45) is 2.04. The summed E-state index contributed by atoms with van der Waals surface area (Å²) in [6, 6.07) is 0. The van der Waals surface area contributed by atoms with Crippen molar-refractivity contribution in [3.05, 3.63) is 5.69 Å². The van der Waals surface area contributed by atoms with Crippen molar-refractivity contribution in [1.82, 2.24) is 19.9 Å². The van der Waals surface area contributed by atoms with Crippen LogP contribution in [-0.4, -0.2) is 52.0 Å². The normalized spacial score (nSPS) is 14.8. The third kappa shape index (κ3) is 2.27. The number of anilines is 1. The quantitative estimate of drug-likeness (QED) is 0.712. The van der Waals surface area contributed by atoms with Crippen LogP contribution in [0.3, 0.4) is 0 Å². The molecule has 1 aromatic heterocycles. The zero-order valence-electron chi connectivity index (χ0n) is 10.1. The summed E-state index contributed by atoms with van der Waals surface area (Å²) in [6.45, 7) is 1.52. The number of rotatable bonds is 3. The minimum atomic E-state index is -0.660. The van der Waals surface area contributed by atoms with Gasteiger partial charge in [0, 0.05) is 13.1 Å². The van der Waals surface area contributed by atoms with E-state index >= 15 is 0 Å². The van der Waals surface area contributed by atoms with Crippen LogP contribution in [0.25, 0.3) is 0 Å². The molecule has 0 atom stereocenters. The van der Waals surface area contributed by atoms with Gasteiger partial charge in [-0.05, 0) is 12.8 Å². The highest BCUT2D eigenvalue weighted by molar-refractivity contribution is 5.92. The smallest absolute Gasteiger partial charge is 0.362 e. The van der Waals surface area contributed by atoms with Crippen molar-refractivity contribution in [2.75, 3.05) is 25.9 Å². The van der Waals surface area contributed by atoms with Crippen LogP contribution in [-0.2, 0) is 16.1 Å². The second-order valence-electron chi connectivity index (χ2n) is 4.06. The minimum Gasteiger partial charge on any atom is -0.464 e. The van der Waals surface area contributed by atoms with Crippen molar-refractivity contribution in [3.8, 4) is 0 Å². The van der Waals surface area contributed by atoms with Gasteiger partial charge in [0.25, 0.3) is 0 Å². The highest BCUT2D eigenvalue weighted by Crippen LogP contribution is 2.12. The Kier molecular flexibility index (Phi) is 3.45. The molecule has 8 heteroatoms. The maximum atomic E-state index is 11.9. The third-order valence-corrected chi connectivity index (χ3v) is 2.90. The van der Waals surface area contributed by atoms with Crippen molar-refractivity contribution in [3.63, 3.8) is 0 Å². The molecular weight excluding hydrogens is 238 g/mol. The summed E-state index contributed by atoms with van der Waals surface area (Å²) in [5, 5.41) is 7.30. The Morgan fingerprint density at radius 3 is 2.67 bits per heavy atom. The molecule has 0 saturated carbocycles. The molecular formula is C10H15N5O3. The van der Waals surface area contributed by atoms with Gasteiger partial charge in [0.1, 0.15) is 6.54 Å². The zero-order chi connectivity index (χ0) is 13.1. The largest absolute Gasteiger partial charge is 0.464 e. The van der Waals surface area contributed by atoms with Gasteiger partial charge in [-0.15, -0.1) is 5.10 Å². The van der Waals surface area contributed by atoms with Crippen LogP contribution in [0, 0.1) is 0 Å². The van der Waals surface area contributed by atoms with Crippen LogP contribution in [0.2, 0.25) is 0 Å². The Hall–Kier alpha value is -2.12. The number of carbonyl (C=O) groups excluding carboxylic acids is 2. The molecule has 1 aromatic rings. The van der Waals surface area contributed by atoms with Crippen molar-refractivity contribution >= 4 is 17.7 Å². The lowest BCUT2D eigenvalue weighted by Crippen LogP contribution is -2.31. The molecule has 1 saturated heterocycles. The SMILES string of the molecule is COC(=O)c1nnn(CC(=O)N2CCCC2)c1N. The second kappa shape index (κ2) is 5.03. The number of likely N-dealkylation sites (tertiary alicyclic amines) is 1. The minimum absolute atomic E-state index is 0.00414. The molecule has 0 aliphatic carbocycles. The van der Waals surface area contributed by atoms with E-state index in [1.807, 2.05) is 0 Å². The van der Waals surface area contributed by atoms with Crippen LogP contribution in [0.1, 0.15) is 23.3 Å². The number of nitrogens with zero attached hydrogens (tertiary/aromatic N) is 4. The molecule has 2 heterocycles. The molecule has 8 nitrogen and oxygen atoms in total. The Labute approximate surface area is 104 Å². The predicted molar refractivity (Wildman–Crippen MR) is 61.6 cm³/mol. The summed E-state index contributed by atoms with van der Waals surface area (Å²) in [4.78, 5) is 24.9. The van der Waals surface area contributed by atoms with E-state index in [4.69, 9.17) is 5.73 Å². The van der Waals surface area contributed by atoms with Gasteiger partial charge < -0.3 is 15.4 Å². The molecule has 2 N–H and O–H groups in total. The first-order chi connectivity index (χ1) is 8.63. The molecule has 1 amide bonds. The Balaban J connectivity index is 2.07. The average molecular weight is 253 g/mol. The summed E-state index contributed by atoms with van der Waals surface area (Å²) < 4.78 is 5.72. The summed E-state index contributed by atoms with van der Waals surface area (Å²) in [5.41, 5.74) is 5.63. The van der Waals surface area contributed by atoms with Gasteiger partial charge in [-0.2, -0.15) is 0 Å². The molecule has 1 fully saturated rings. The molecule has 0 unspecified atom stereocenters. The number of methoxy groups -OCH3 is 1. The molecule has 18 heavy (non-hydrogen) atoms. The number of amides is 1. The van der Waals surface area contributed by atoms with E-state index in [0.717, 1.165) is 25.9 Å². The fraction of sp³-hybridized carbons (Fsp3) is 0.600. The van der Waals surface area contributed by atoms with E-state index in [-0.39, 0.29) is 24.0 Å². The predicted octanol–water partition coefficient (Wildman–Crippen LogP) is -0.731. The van der Waals surface area contributed by atoms with Gasteiger partial charge in [-0.3, -0.25) is 4.79 Å². The highest BCUT2D eigenvalue weighted by atomic mass is 16.5. The summed E-state index contributed by atoms with van der Waals surface area (Å²) in [7, 11) is 1.23. The van der Waals surface area contributed by atoms with Gasteiger partial charge in [-0.25, -0.2) is 9.48 Å². The van der Waals surface area contributed by atoms with E-state index in [9.17, 15) is 9.59 Å². The Morgan fingerprint density at radius 1 is 1.39 bits per heavy atom. The molecule has 0 bridgehead atoms. The van der Waals surface area contributed by atoms with Gasteiger partial charge in [-0.1, -0.05) is 5.21 Å². The number of ether oxygens (including phenoxy) is 1. The van der Waals surface area contributed by atoms with Gasteiger partial charge in [0.15, 0.2) is 5.82 Å². The van der Waals surface area contributed by atoms with Crippen LogP contribution >= 0.6 is 0 Å². The lowest BCUT2D eigenvalue weighted by atomic mass is 10.4. The molecule has 1 aliphatic heterocycles. The van der Waals surface area contributed by atoms with Crippen LogP contribution < -0.4 is 5.73 Å². The molecule has 0 aromatic carbocycles. The maximum Gasteiger partial charge on any atom is 0.362 e. The molecule has 1 aliphatic rings. The monoisotopic (exact) mass is 253 g/mol. The van der Waals surface area contributed by atoms with Gasteiger partial charge >= 0.3 is 5.97 Å². The second-order valence-corrected chi connectivity index (χ2v) is 4.06. The fourth-order valence-electron chi connectivity index (χ4n) is 1.87. The summed E-state index contributed by atoms with van der Waals surface area (Å²) in [5.74, 6) is -0.678. The average Bonchev–Trinajstić information content (AvgIpc) is 3.00. The zero-order valence-corrected chi connectivity index (χ0v) is 10.1. The van der Waals surface area contributed by atoms with Crippen LogP contribution in [0.15, 0.2) is 0 Å². The van der Waals surface area contributed by atoms with Crippen LogP contribution in [0.4, 0.5) is 5.82 Å². The number of esters is 1. The van der Waals surface area contributed by atoms with E-state index in [2.05, 4.69) is 15.0 Å². The Bertz CT molecular complexity index is 464.